The highest BCUT2D eigenvalue weighted by molar-refractivity contribution is 5.99. The van der Waals surface area contributed by atoms with Crippen molar-refractivity contribution >= 4 is 17.4 Å². The zero-order valence-corrected chi connectivity index (χ0v) is 8.81. The highest BCUT2D eigenvalue weighted by Crippen LogP contribution is 2.25. The quantitative estimate of drug-likeness (QED) is 0.697. The Morgan fingerprint density at radius 3 is 2.35 bits per heavy atom. The Hall–Kier alpha value is -2.63. The van der Waals surface area contributed by atoms with Gasteiger partial charge in [0.1, 0.15) is 11.5 Å². The summed E-state index contributed by atoms with van der Waals surface area (Å²) >= 11 is 0. The zero-order valence-electron chi connectivity index (χ0n) is 8.81. The normalized spacial score (nSPS) is 10.1. The van der Waals surface area contributed by atoms with Crippen LogP contribution in [0.5, 0.6) is 0 Å². The molecule has 0 radical (unpaired) electrons. The number of hydrogen-bond acceptors (Lipinski definition) is 4. The van der Waals surface area contributed by atoms with E-state index in [-0.39, 0.29) is 11.4 Å². The van der Waals surface area contributed by atoms with E-state index >= 15 is 0 Å². The number of nitrogens with two attached hydrogens (primary N) is 2. The molecule has 6 nitrogen and oxygen atoms in total. The lowest BCUT2D eigenvalue weighted by atomic mass is 10.1. The van der Waals surface area contributed by atoms with E-state index in [2.05, 4.69) is 10.2 Å². The van der Waals surface area contributed by atoms with E-state index in [1.165, 1.54) is 0 Å². The molecule has 2 rings (SSSR count). The second-order valence-electron chi connectivity index (χ2n) is 3.51. The van der Waals surface area contributed by atoms with Crippen LogP contribution in [0.3, 0.4) is 0 Å². The van der Waals surface area contributed by atoms with E-state index in [0.717, 1.165) is 5.56 Å². The molecule has 0 fully saturated rings. The minimum atomic E-state index is -0.587. The smallest absolute Gasteiger partial charge is 0.252 e. The van der Waals surface area contributed by atoms with Gasteiger partial charge < -0.3 is 16.5 Å². The molecule has 0 atom stereocenters. The maximum absolute atomic E-state index is 11.0. The molecule has 86 valence electrons. The van der Waals surface area contributed by atoms with Crippen molar-refractivity contribution in [2.24, 2.45) is 10.9 Å². The molecule has 1 aromatic heterocycles. The SMILES string of the molecule is NC(=O)c1cc(-c2ccc(N=O)cc2)[nH]c1N. The number of benzene rings is 1. The topological polar surface area (TPSA) is 114 Å². The second kappa shape index (κ2) is 4.09. The van der Waals surface area contributed by atoms with Crippen molar-refractivity contribution in [3.8, 4) is 11.3 Å². The maximum atomic E-state index is 11.0. The monoisotopic (exact) mass is 230 g/mol. The lowest BCUT2D eigenvalue weighted by Gasteiger charge is -1.96. The molecule has 5 N–H and O–H groups in total. The Labute approximate surface area is 96.6 Å². The molecule has 0 aliphatic rings. The molecule has 1 heterocycles. The first kappa shape index (κ1) is 10.9. The van der Waals surface area contributed by atoms with Crippen molar-refractivity contribution in [3.05, 3.63) is 40.8 Å². The summed E-state index contributed by atoms with van der Waals surface area (Å²) in [6.45, 7) is 0. The van der Waals surface area contributed by atoms with Crippen LogP contribution < -0.4 is 11.5 Å². The fourth-order valence-electron chi connectivity index (χ4n) is 1.53. The number of H-pyrrole nitrogens is 1. The summed E-state index contributed by atoms with van der Waals surface area (Å²) in [5.74, 6) is -0.360. The third-order valence-corrected chi connectivity index (χ3v) is 2.40. The number of nitrogen functional groups attached to an aromatic ring is 1. The van der Waals surface area contributed by atoms with Crippen LogP contribution in [-0.4, -0.2) is 10.9 Å². The third-order valence-electron chi connectivity index (χ3n) is 2.40. The largest absolute Gasteiger partial charge is 0.385 e. The molecule has 2 aromatic rings. The summed E-state index contributed by atoms with van der Waals surface area (Å²) in [5, 5.41) is 2.80. The average Bonchev–Trinajstić information content (AvgIpc) is 2.71. The van der Waals surface area contributed by atoms with E-state index in [4.69, 9.17) is 11.5 Å². The van der Waals surface area contributed by atoms with Crippen molar-refractivity contribution in [3.63, 3.8) is 0 Å². The number of carbonyl (C=O) groups excluding carboxylic acids is 1. The first-order valence-electron chi connectivity index (χ1n) is 4.84. The van der Waals surface area contributed by atoms with Crippen LogP contribution in [0.2, 0.25) is 0 Å². The molecule has 1 amide bonds. The minimum absolute atomic E-state index is 0.227. The van der Waals surface area contributed by atoms with Crippen LogP contribution in [-0.2, 0) is 0 Å². The molecule has 0 saturated heterocycles. The summed E-state index contributed by atoms with van der Waals surface area (Å²) in [6, 6.07) is 8.12. The Balaban J connectivity index is 2.42. The van der Waals surface area contributed by atoms with Crippen LogP contribution in [0.15, 0.2) is 35.5 Å². The average molecular weight is 230 g/mol. The summed E-state index contributed by atoms with van der Waals surface area (Å²) in [5.41, 5.74) is 12.8. The van der Waals surface area contributed by atoms with Crippen molar-refractivity contribution in [2.75, 3.05) is 5.73 Å². The van der Waals surface area contributed by atoms with Crippen LogP contribution in [0.1, 0.15) is 10.4 Å². The Morgan fingerprint density at radius 1 is 1.24 bits per heavy atom. The Bertz CT molecular complexity index is 572. The van der Waals surface area contributed by atoms with Crippen LogP contribution >= 0.6 is 0 Å². The third kappa shape index (κ3) is 2.00. The first-order chi connectivity index (χ1) is 8.11. The lowest BCUT2D eigenvalue weighted by molar-refractivity contribution is 0.100. The molecule has 1 aromatic carbocycles. The number of primary amides is 1. The summed E-state index contributed by atoms with van der Waals surface area (Å²) in [4.78, 5) is 24.1. The van der Waals surface area contributed by atoms with Crippen LogP contribution in [0.25, 0.3) is 11.3 Å². The standard InChI is InChI=1S/C11H10N4O2/c12-10-8(11(13)16)5-9(14-10)6-1-3-7(15-17)4-2-6/h1-5,14H,12H2,(H2,13,16). The molecule has 0 bridgehead atoms. The Morgan fingerprint density at radius 2 is 1.88 bits per heavy atom. The molecule has 0 saturated carbocycles. The highest BCUT2D eigenvalue weighted by atomic mass is 16.3. The van der Waals surface area contributed by atoms with Gasteiger partial charge in [-0.3, -0.25) is 4.79 Å². The van der Waals surface area contributed by atoms with Crippen molar-refractivity contribution < 1.29 is 4.79 Å². The lowest BCUT2D eigenvalue weighted by Crippen LogP contribution is -2.11. The van der Waals surface area contributed by atoms with E-state index in [1.807, 2.05) is 0 Å². The molecule has 0 aliphatic heterocycles. The van der Waals surface area contributed by atoms with Gasteiger partial charge in [-0.1, -0.05) is 12.1 Å². The van der Waals surface area contributed by atoms with Crippen molar-refractivity contribution in [2.45, 2.75) is 0 Å². The van der Waals surface area contributed by atoms with Crippen molar-refractivity contribution in [1.29, 1.82) is 0 Å². The van der Waals surface area contributed by atoms with E-state index in [0.29, 0.717) is 11.4 Å². The zero-order chi connectivity index (χ0) is 12.4. The van der Waals surface area contributed by atoms with Gasteiger partial charge in [0.05, 0.1) is 5.56 Å². The number of aromatic nitrogens is 1. The number of amides is 1. The number of aromatic amines is 1. The van der Waals surface area contributed by atoms with Gasteiger partial charge in [0.2, 0.25) is 0 Å². The number of hydrogen-bond donors (Lipinski definition) is 3. The van der Waals surface area contributed by atoms with Gasteiger partial charge in [-0.05, 0) is 28.9 Å². The van der Waals surface area contributed by atoms with E-state index in [9.17, 15) is 9.70 Å². The van der Waals surface area contributed by atoms with E-state index < -0.39 is 5.91 Å². The Kier molecular flexibility index (Phi) is 2.61. The number of nitrogens with zero attached hydrogens (tertiary/aromatic N) is 1. The fourth-order valence-corrected chi connectivity index (χ4v) is 1.53. The summed E-state index contributed by atoms with van der Waals surface area (Å²) < 4.78 is 0. The first-order valence-corrected chi connectivity index (χ1v) is 4.84. The second-order valence-corrected chi connectivity index (χ2v) is 3.51. The van der Waals surface area contributed by atoms with Crippen molar-refractivity contribution in [1.82, 2.24) is 4.98 Å². The van der Waals surface area contributed by atoms with Gasteiger partial charge in [0.25, 0.3) is 5.91 Å². The minimum Gasteiger partial charge on any atom is -0.385 e. The van der Waals surface area contributed by atoms with E-state index in [1.54, 1.807) is 30.3 Å². The molecular weight excluding hydrogens is 220 g/mol. The van der Waals surface area contributed by atoms with Gasteiger partial charge in [-0.25, -0.2) is 0 Å². The number of rotatable bonds is 3. The van der Waals surface area contributed by atoms with Crippen LogP contribution in [0, 0.1) is 4.91 Å². The number of nitrogens with one attached hydrogen (secondary N) is 1. The summed E-state index contributed by atoms with van der Waals surface area (Å²) in [7, 11) is 0. The number of carbonyl (C=O) groups is 1. The summed E-state index contributed by atoms with van der Waals surface area (Å²) in [6.07, 6.45) is 0. The predicted molar refractivity (Wildman–Crippen MR) is 64.6 cm³/mol. The molecular formula is C11H10N4O2. The fraction of sp³-hybridized carbons (Fsp3) is 0. The van der Waals surface area contributed by atoms with Crippen LogP contribution in [0.4, 0.5) is 11.5 Å². The van der Waals surface area contributed by atoms with Gasteiger partial charge in [0, 0.05) is 5.69 Å². The number of anilines is 1. The van der Waals surface area contributed by atoms with Gasteiger partial charge in [-0.2, -0.15) is 0 Å². The molecule has 6 heteroatoms. The predicted octanol–water partition coefficient (Wildman–Crippen LogP) is 1.76. The highest BCUT2D eigenvalue weighted by Gasteiger charge is 2.11. The van der Waals surface area contributed by atoms with Gasteiger partial charge in [0.15, 0.2) is 0 Å². The maximum Gasteiger partial charge on any atom is 0.252 e. The molecule has 0 spiro atoms. The van der Waals surface area contributed by atoms with Gasteiger partial charge in [-0.15, -0.1) is 4.91 Å². The number of nitroso groups, excluding NO2 is 1. The van der Waals surface area contributed by atoms with Gasteiger partial charge >= 0.3 is 0 Å². The molecule has 0 aliphatic carbocycles. The molecule has 17 heavy (non-hydrogen) atoms. The molecule has 0 unspecified atom stereocenters.